The maximum absolute atomic E-state index is 13.6. The molecule has 0 bridgehead atoms. The Morgan fingerprint density at radius 1 is 1.20 bits per heavy atom. The van der Waals surface area contributed by atoms with Crippen LogP contribution in [0.5, 0.6) is 0 Å². The van der Waals surface area contributed by atoms with Gasteiger partial charge in [0.05, 0.1) is 0 Å². The highest BCUT2D eigenvalue weighted by Crippen LogP contribution is 2.22. The molecule has 2 heterocycles. The van der Waals surface area contributed by atoms with E-state index in [9.17, 15) is 9.18 Å². The van der Waals surface area contributed by atoms with Crippen molar-refractivity contribution in [3.05, 3.63) is 52.9 Å². The van der Waals surface area contributed by atoms with Crippen LogP contribution in [0.3, 0.4) is 0 Å². The van der Waals surface area contributed by atoms with Gasteiger partial charge in [-0.2, -0.15) is 0 Å². The second-order valence-corrected chi connectivity index (χ2v) is 6.50. The molecule has 0 spiro atoms. The van der Waals surface area contributed by atoms with Gasteiger partial charge in [-0.25, -0.2) is 4.39 Å². The molecule has 0 radical (unpaired) electrons. The van der Waals surface area contributed by atoms with E-state index in [0.717, 1.165) is 31.7 Å². The lowest BCUT2D eigenvalue weighted by Gasteiger charge is -2.31. The zero-order chi connectivity index (χ0) is 17.6. The van der Waals surface area contributed by atoms with Crippen LogP contribution in [0, 0.1) is 11.7 Å². The van der Waals surface area contributed by atoms with Crippen molar-refractivity contribution in [2.45, 2.75) is 19.3 Å². The normalized spacial score (nSPS) is 15.2. The lowest BCUT2D eigenvalue weighted by molar-refractivity contribution is -0.125. The second-order valence-electron chi connectivity index (χ2n) is 6.11. The van der Waals surface area contributed by atoms with E-state index in [1.54, 1.807) is 24.3 Å². The molecule has 1 N–H and O–H groups in total. The fraction of sp³-hybridized carbons (Fsp3) is 0.389. The maximum Gasteiger partial charge on any atom is 0.223 e. The molecule has 7 heteroatoms. The van der Waals surface area contributed by atoms with Crippen molar-refractivity contribution in [3.63, 3.8) is 0 Å². The Balaban J connectivity index is 1.44. The largest absolute Gasteiger partial charge is 0.356 e. The van der Waals surface area contributed by atoms with Crippen molar-refractivity contribution in [1.82, 2.24) is 15.5 Å². The highest BCUT2D eigenvalue weighted by atomic mass is 35.5. The smallest absolute Gasteiger partial charge is 0.223 e. The van der Waals surface area contributed by atoms with E-state index in [1.165, 1.54) is 6.07 Å². The van der Waals surface area contributed by atoms with Gasteiger partial charge in [0.1, 0.15) is 5.82 Å². The number of piperidine rings is 1. The summed E-state index contributed by atoms with van der Waals surface area (Å²) in [6, 6.07) is 10.2. The van der Waals surface area contributed by atoms with Crippen molar-refractivity contribution in [1.29, 1.82) is 0 Å². The molecule has 0 unspecified atom stereocenters. The molecule has 1 saturated heterocycles. The summed E-state index contributed by atoms with van der Waals surface area (Å²) in [5, 5.41) is 11.2. The molecule has 3 rings (SSSR count). The Kier molecular flexibility index (Phi) is 5.81. The molecule has 0 aliphatic carbocycles. The third kappa shape index (κ3) is 4.66. The number of nitrogens with one attached hydrogen (secondary N) is 1. The lowest BCUT2D eigenvalue weighted by atomic mass is 9.96. The third-order valence-corrected chi connectivity index (χ3v) is 4.66. The molecule has 1 aliphatic rings. The number of halogens is 2. The zero-order valence-corrected chi connectivity index (χ0v) is 14.5. The van der Waals surface area contributed by atoms with Crippen LogP contribution in [0.15, 0.2) is 36.4 Å². The molecule has 1 aliphatic heterocycles. The van der Waals surface area contributed by atoms with Gasteiger partial charge in [-0.15, -0.1) is 10.2 Å². The molecule has 1 aromatic carbocycles. The molecule has 0 atom stereocenters. The molecule has 0 saturated carbocycles. The van der Waals surface area contributed by atoms with Crippen LogP contribution < -0.4 is 10.2 Å². The summed E-state index contributed by atoms with van der Waals surface area (Å²) in [7, 11) is 0. The number of carbonyl (C=O) groups excluding carboxylic acids is 1. The molecule has 1 amide bonds. The SMILES string of the molecule is O=C(NCCc1ccccc1F)C1CCN(c2ccc(Cl)nn2)CC1. The fourth-order valence-corrected chi connectivity index (χ4v) is 3.12. The summed E-state index contributed by atoms with van der Waals surface area (Å²) >= 11 is 5.75. The Morgan fingerprint density at radius 2 is 1.96 bits per heavy atom. The van der Waals surface area contributed by atoms with E-state index in [-0.39, 0.29) is 17.6 Å². The van der Waals surface area contributed by atoms with Crippen LogP contribution in [-0.4, -0.2) is 35.7 Å². The maximum atomic E-state index is 13.6. The number of rotatable bonds is 5. The van der Waals surface area contributed by atoms with Crippen molar-refractivity contribution in [3.8, 4) is 0 Å². The van der Waals surface area contributed by atoms with E-state index >= 15 is 0 Å². The van der Waals surface area contributed by atoms with Crippen LogP contribution in [0.2, 0.25) is 5.15 Å². The first-order valence-electron chi connectivity index (χ1n) is 8.39. The van der Waals surface area contributed by atoms with E-state index in [2.05, 4.69) is 20.4 Å². The number of hydrogen-bond donors (Lipinski definition) is 1. The van der Waals surface area contributed by atoms with Gasteiger partial charge in [-0.3, -0.25) is 4.79 Å². The molecule has 1 aromatic heterocycles. The van der Waals surface area contributed by atoms with E-state index < -0.39 is 0 Å². The molecule has 25 heavy (non-hydrogen) atoms. The van der Waals surface area contributed by atoms with Crippen LogP contribution in [0.4, 0.5) is 10.2 Å². The highest BCUT2D eigenvalue weighted by Gasteiger charge is 2.25. The molecular formula is C18H20ClFN4O. The van der Waals surface area contributed by atoms with Gasteiger partial charge < -0.3 is 10.2 Å². The highest BCUT2D eigenvalue weighted by molar-refractivity contribution is 6.29. The van der Waals surface area contributed by atoms with Crippen LogP contribution >= 0.6 is 11.6 Å². The predicted octanol–water partition coefficient (Wildman–Crippen LogP) is 2.84. The third-order valence-electron chi connectivity index (χ3n) is 4.46. The van der Waals surface area contributed by atoms with Gasteiger partial charge in [0.2, 0.25) is 5.91 Å². The summed E-state index contributed by atoms with van der Waals surface area (Å²) in [6.07, 6.45) is 2.02. The first kappa shape index (κ1) is 17.6. The summed E-state index contributed by atoms with van der Waals surface area (Å²) in [5.74, 6) is 0.576. The minimum Gasteiger partial charge on any atom is -0.356 e. The second kappa shape index (κ2) is 8.25. The van der Waals surface area contributed by atoms with Crippen molar-refractivity contribution in [2.24, 2.45) is 5.92 Å². The predicted molar refractivity (Wildman–Crippen MR) is 95.1 cm³/mol. The molecule has 5 nitrogen and oxygen atoms in total. The van der Waals surface area contributed by atoms with E-state index in [1.807, 2.05) is 6.07 Å². The molecule has 132 valence electrons. The minimum absolute atomic E-state index is 0.0165. The first-order valence-corrected chi connectivity index (χ1v) is 8.76. The van der Waals surface area contributed by atoms with Crippen molar-refractivity contribution >= 4 is 23.3 Å². The minimum atomic E-state index is -0.228. The number of anilines is 1. The number of nitrogens with zero attached hydrogens (tertiary/aromatic N) is 3. The van der Waals surface area contributed by atoms with Gasteiger partial charge in [0.25, 0.3) is 0 Å². The topological polar surface area (TPSA) is 58.1 Å². The zero-order valence-electron chi connectivity index (χ0n) is 13.8. The van der Waals surface area contributed by atoms with Crippen LogP contribution in [0.1, 0.15) is 18.4 Å². The molecular weight excluding hydrogens is 343 g/mol. The Labute approximate surface area is 151 Å². The number of aromatic nitrogens is 2. The summed E-state index contributed by atoms with van der Waals surface area (Å²) in [4.78, 5) is 14.4. The van der Waals surface area contributed by atoms with Gasteiger partial charge in [0.15, 0.2) is 11.0 Å². The average Bonchev–Trinajstić information content (AvgIpc) is 2.64. The quantitative estimate of drug-likeness (QED) is 0.888. The Hall–Kier alpha value is -2.21. The number of amides is 1. The van der Waals surface area contributed by atoms with Gasteiger partial charge in [-0.05, 0) is 43.0 Å². The van der Waals surface area contributed by atoms with Crippen molar-refractivity contribution in [2.75, 3.05) is 24.5 Å². The van der Waals surface area contributed by atoms with Gasteiger partial charge in [0, 0.05) is 25.6 Å². The van der Waals surface area contributed by atoms with Gasteiger partial charge >= 0.3 is 0 Å². The van der Waals surface area contributed by atoms with Crippen molar-refractivity contribution < 1.29 is 9.18 Å². The first-order chi connectivity index (χ1) is 12.1. The van der Waals surface area contributed by atoms with Gasteiger partial charge in [-0.1, -0.05) is 29.8 Å². The summed E-state index contributed by atoms with van der Waals surface area (Å²) < 4.78 is 13.6. The summed E-state index contributed by atoms with van der Waals surface area (Å²) in [5.41, 5.74) is 0.624. The summed E-state index contributed by atoms with van der Waals surface area (Å²) in [6.45, 7) is 1.95. The monoisotopic (exact) mass is 362 g/mol. The Bertz CT molecular complexity index is 717. The van der Waals surface area contributed by atoms with Crippen LogP contribution in [0.25, 0.3) is 0 Å². The number of benzene rings is 1. The van der Waals surface area contributed by atoms with Crippen LogP contribution in [-0.2, 0) is 11.2 Å². The molecule has 1 fully saturated rings. The number of hydrogen-bond acceptors (Lipinski definition) is 4. The van der Waals surface area contributed by atoms with E-state index in [4.69, 9.17) is 11.6 Å². The lowest BCUT2D eigenvalue weighted by Crippen LogP contribution is -2.41. The standard InChI is InChI=1S/C18H20ClFN4O/c19-16-5-6-17(23-22-16)24-11-8-14(9-12-24)18(25)21-10-7-13-3-1-2-4-15(13)20/h1-6,14H,7-12H2,(H,21,25). The average molecular weight is 363 g/mol. The molecule has 2 aromatic rings. The Morgan fingerprint density at radius 3 is 2.64 bits per heavy atom. The number of carbonyl (C=O) groups is 1. The fourth-order valence-electron chi connectivity index (χ4n) is 3.01. The van der Waals surface area contributed by atoms with E-state index in [0.29, 0.717) is 23.7 Å².